The highest BCUT2D eigenvalue weighted by atomic mass is 33.1. The minimum Gasteiger partial charge on any atom is -0.319 e. The molecular formula is C12H11NOS3. The average Bonchev–Trinajstić information content (AvgIpc) is 2.90. The van der Waals surface area contributed by atoms with E-state index in [4.69, 9.17) is 4.28 Å². The SMILES string of the molecule is CSC1=C(c2ccccc2)C2=S(ON=C2C)S1. The third-order valence-corrected chi connectivity index (χ3v) is 7.40. The highest BCUT2D eigenvalue weighted by Gasteiger charge is 2.32. The molecule has 2 heterocycles. The van der Waals surface area contributed by atoms with Crippen LogP contribution in [-0.2, 0) is 4.28 Å². The minimum absolute atomic E-state index is 0.224. The maximum Gasteiger partial charge on any atom is 0.0995 e. The molecule has 0 spiro atoms. The van der Waals surface area contributed by atoms with E-state index in [0.29, 0.717) is 0 Å². The van der Waals surface area contributed by atoms with Gasteiger partial charge in [0.2, 0.25) is 0 Å². The van der Waals surface area contributed by atoms with Crippen LogP contribution in [0.2, 0.25) is 0 Å². The van der Waals surface area contributed by atoms with E-state index in [1.165, 1.54) is 20.2 Å². The molecule has 5 heteroatoms. The van der Waals surface area contributed by atoms with Crippen molar-refractivity contribution in [1.29, 1.82) is 0 Å². The summed E-state index contributed by atoms with van der Waals surface area (Å²) >= 11 is 1.79. The van der Waals surface area contributed by atoms with E-state index in [1.54, 1.807) is 22.6 Å². The van der Waals surface area contributed by atoms with E-state index in [1.807, 2.05) is 13.0 Å². The summed E-state index contributed by atoms with van der Waals surface area (Å²) in [5, 5.41) is 4.09. The largest absolute Gasteiger partial charge is 0.319 e. The Morgan fingerprint density at radius 3 is 2.76 bits per heavy atom. The highest BCUT2D eigenvalue weighted by molar-refractivity contribution is 8.86. The van der Waals surface area contributed by atoms with Gasteiger partial charge in [-0.1, -0.05) is 35.5 Å². The predicted molar refractivity (Wildman–Crippen MR) is 81.3 cm³/mol. The van der Waals surface area contributed by atoms with E-state index in [9.17, 15) is 0 Å². The molecule has 1 unspecified atom stereocenters. The second kappa shape index (κ2) is 4.55. The van der Waals surface area contributed by atoms with Crippen molar-refractivity contribution >= 4 is 48.5 Å². The van der Waals surface area contributed by atoms with Gasteiger partial charge in [-0.3, -0.25) is 0 Å². The van der Waals surface area contributed by atoms with Crippen molar-refractivity contribution in [3.8, 4) is 0 Å². The molecule has 0 N–H and O–H groups in total. The molecule has 0 saturated carbocycles. The number of hydrogen-bond acceptors (Lipinski definition) is 4. The highest BCUT2D eigenvalue weighted by Crippen LogP contribution is 2.56. The molecule has 0 bridgehead atoms. The fourth-order valence-corrected chi connectivity index (χ4v) is 6.98. The molecular weight excluding hydrogens is 270 g/mol. The van der Waals surface area contributed by atoms with E-state index >= 15 is 0 Å². The van der Waals surface area contributed by atoms with Gasteiger partial charge in [-0.25, -0.2) is 0 Å². The lowest BCUT2D eigenvalue weighted by molar-refractivity contribution is 0.414. The first-order chi connectivity index (χ1) is 8.31. The van der Waals surface area contributed by atoms with Gasteiger partial charge in [0.25, 0.3) is 0 Å². The maximum absolute atomic E-state index is 5.46. The summed E-state index contributed by atoms with van der Waals surface area (Å²) in [4.78, 5) is 1.27. The van der Waals surface area contributed by atoms with Crippen LogP contribution in [0.3, 0.4) is 0 Å². The van der Waals surface area contributed by atoms with Crippen LogP contribution >= 0.6 is 32.4 Å². The lowest BCUT2D eigenvalue weighted by atomic mass is 10.0. The number of oxime groups is 1. The Hall–Kier alpha value is -0.650. The van der Waals surface area contributed by atoms with Crippen molar-refractivity contribution in [2.45, 2.75) is 6.92 Å². The fraction of sp³-hybridized carbons (Fsp3) is 0.167. The van der Waals surface area contributed by atoms with Gasteiger partial charge < -0.3 is 4.28 Å². The summed E-state index contributed by atoms with van der Waals surface area (Å²) in [6.45, 7) is 2.02. The summed E-state index contributed by atoms with van der Waals surface area (Å²) in [7, 11) is 1.56. The van der Waals surface area contributed by atoms with Gasteiger partial charge in [0.05, 0.1) is 24.6 Å². The molecule has 1 atom stereocenters. The zero-order chi connectivity index (χ0) is 11.8. The molecule has 0 radical (unpaired) electrons. The normalized spacial score (nSPS) is 22.6. The third-order valence-electron chi connectivity index (χ3n) is 2.57. The van der Waals surface area contributed by atoms with Gasteiger partial charge in [-0.15, -0.1) is 11.8 Å². The molecule has 0 aromatic heterocycles. The minimum atomic E-state index is -0.224. The van der Waals surface area contributed by atoms with Crippen LogP contribution in [0.4, 0.5) is 0 Å². The van der Waals surface area contributed by atoms with Crippen LogP contribution in [0.1, 0.15) is 12.5 Å². The summed E-state index contributed by atoms with van der Waals surface area (Å²) < 4.78 is 6.80. The van der Waals surface area contributed by atoms with Crippen molar-refractivity contribution in [2.24, 2.45) is 5.16 Å². The van der Waals surface area contributed by atoms with Crippen LogP contribution in [0.25, 0.3) is 5.57 Å². The van der Waals surface area contributed by atoms with E-state index in [-0.39, 0.29) is 9.80 Å². The molecule has 1 aromatic carbocycles. The standard InChI is InChI=1S/C12H11NOS3/c1-8-11-10(9-6-4-3-5-7-9)12(15-2)16-17(11)14-13-8/h3-7H,1-2H3. The van der Waals surface area contributed by atoms with Gasteiger partial charge in [-0.2, -0.15) is 0 Å². The Morgan fingerprint density at radius 2 is 2.06 bits per heavy atom. The molecule has 2 aliphatic heterocycles. The molecule has 2 nitrogen and oxygen atoms in total. The van der Waals surface area contributed by atoms with Gasteiger partial charge >= 0.3 is 0 Å². The molecule has 0 amide bonds. The number of allylic oxidation sites excluding steroid dienone is 1. The molecule has 2 aliphatic rings. The first-order valence-electron chi connectivity index (χ1n) is 5.17. The quantitative estimate of drug-likeness (QED) is 0.600. The lowest BCUT2D eigenvalue weighted by Gasteiger charge is -2.07. The topological polar surface area (TPSA) is 21.6 Å². The summed E-state index contributed by atoms with van der Waals surface area (Å²) in [5.41, 5.74) is 3.59. The third kappa shape index (κ3) is 1.86. The van der Waals surface area contributed by atoms with Gasteiger partial charge in [0.15, 0.2) is 0 Å². The number of hydrogen-bond donors (Lipinski definition) is 0. The Labute approximate surface area is 111 Å². The zero-order valence-corrected chi connectivity index (χ0v) is 11.9. The Balaban J connectivity index is 2.14. The molecule has 0 aliphatic carbocycles. The van der Waals surface area contributed by atoms with Crippen LogP contribution in [-0.4, -0.2) is 16.8 Å². The number of thioether (sulfide) groups is 1. The summed E-state index contributed by atoms with van der Waals surface area (Å²) in [6.07, 6.45) is 2.11. The van der Waals surface area contributed by atoms with Crippen LogP contribution < -0.4 is 0 Å². The average molecular weight is 281 g/mol. The lowest BCUT2D eigenvalue weighted by Crippen LogP contribution is -2.07. The van der Waals surface area contributed by atoms with Crippen LogP contribution in [0.5, 0.6) is 0 Å². The molecule has 1 aromatic rings. The van der Waals surface area contributed by atoms with Crippen molar-refractivity contribution < 1.29 is 4.28 Å². The molecule has 0 fully saturated rings. The Morgan fingerprint density at radius 1 is 1.29 bits per heavy atom. The second-order valence-corrected chi connectivity index (χ2v) is 7.72. The molecule has 17 heavy (non-hydrogen) atoms. The smallest absolute Gasteiger partial charge is 0.0995 e. The van der Waals surface area contributed by atoms with E-state index in [2.05, 4.69) is 35.7 Å². The van der Waals surface area contributed by atoms with Crippen LogP contribution in [0, 0.1) is 0 Å². The van der Waals surface area contributed by atoms with Gasteiger partial charge in [0.1, 0.15) is 0 Å². The van der Waals surface area contributed by atoms with Crippen molar-refractivity contribution in [1.82, 2.24) is 0 Å². The second-order valence-electron chi connectivity index (χ2n) is 3.63. The predicted octanol–water partition coefficient (Wildman–Crippen LogP) is 4.14. The number of rotatable bonds is 2. The number of benzene rings is 1. The molecule has 3 rings (SSSR count). The first kappa shape index (κ1) is 11.4. The van der Waals surface area contributed by atoms with Gasteiger partial charge in [0, 0.05) is 5.57 Å². The Bertz CT molecular complexity index is 560. The van der Waals surface area contributed by atoms with Crippen molar-refractivity contribution in [3.63, 3.8) is 0 Å². The van der Waals surface area contributed by atoms with Gasteiger partial charge in [-0.05, 0) is 29.5 Å². The maximum atomic E-state index is 5.46. The number of nitrogens with zero attached hydrogens (tertiary/aromatic N) is 1. The molecule has 88 valence electrons. The first-order valence-corrected chi connectivity index (χ1v) is 8.88. The summed E-state index contributed by atoms with van der Waals surface area (Å²) in [6, 6.07) is 10.5. The van der Waals surface area contributed by atoms with E-state index < -0.39 is 0 Å². The molecule has 0 saturated heterocycles. The van der Waals surface area contributed by atoms with Crippen molar-refractivity contribution in [2.75, 3.05) is 6.26 Å². The Kier molecular flexibility index (Phi) is 3.06. The van der Waals surface area contributed by atoms with Crippen LogP contribution in [0.15, 0.2) is 39.7 Å². The summed E-state index contributed by atoms with van der Waals surface area (Å²) in [5.74, 6) is 0. The van der Waals surface area contributed by atoms with E-state index in [0.717, 1.165) is 5.71 Å². The van der Waals surface area contributed by atoms with Crippen molar-refractivity contribution in [3.05, 3.63) is 40.1 Å². The fourth-order valence-electron chi connectivity index (χ4n) is 1.80. The zero-order valence-electron chi connectivity index (χ0n) is 9.47. The monoisotopic (exact) mass is 281 g/mol.